The van der Waals surface area contributed by atoms with E-state index in [9.17, 15) is 13.2 Å². The molecule has 0 saturated carbocycles. The van der Waals surface area contributed by atoms with Crippen molar-refractivity contribution in [2.75, 3.05) is 13.6 Å². The Morgan fingerprint density at radius 2 is 1.80 bits per heavy atom. The van der Waals surface area contributed by atoms with Crippen molar-refractivity contribution in [1.82, 2.24) is 19.4 Å². The molecular weight excluding hydrogens is 413 g/mol. The molecule has 0 unspecified atom stereocenters. The number of likely N-dealkylation sites (N-methyl/N-ethyl adjacent to an activating group) is 1. The molecule has 154 valence electrons. The molecule has 0 atom stereocenters. The van der Waals surface area contributed by atoms with E-state index in [1.165, 1.54) is 17.5 Å². The summed E-state index contributed by atoms with van der Waals surface area (Å²) >= 11 is 6.17. The third-order valence-electron chi connectivity index (χ3n) is 5.67. The Morgan fingerprint density at radius 1 is 1.03 bits per heavy atom. The van der Waals surface area contributed by atoms with Gasteiger partial charge in [0.05, 0.1) is 5.52 Å². The standard InChI is InChI=1S/C22H18ClF3N4/c1-29-7-6-15-8-13(2-3-16(15)10-29)14-4-5-18-17(9-14)19-20(21(23)28-12-27-19)30(18)11-22(24,25)26/h2-5,8-9,12H,6-7,10-11H2,1H3. The highest BCUT2D eigenvalue weighted by molar-refractivity contribution is 6.34. The molecule has 2 aromatic carbocycles. The van der Waals surface area contributed by atoms with E-state index in [2.05, 4.69) is 40.1 Å². The van der Waals surface area contributed by atoms with Crippen molar-refractivity contribution in [3.05, 3.63) is 59.0 Å². The largest absolute Gasteiger partial charge is 0.406 e. The van der Waals surface area contributed by atoms with Crippen molar-refractivity contribution in [1.29, 1.82) is 0 Å². The molecule has 4 aromatic rings. The van der Waals surface area contributed by atoms with Gasteiger partial charge in [-0.15, -0.1) is 0 Å². The summed E-state index contributed by atoms with van der Waals surface area (Å²) in [7, 11) is 2.11. The number of fused-ring (bicyclic) bond motifs is 4. The number of hydrogen-bond donors (Lipinski definition) is 0. The summed E-state index contributed by atoms with van der Waals surface area (Å²) < 4.78 is 40.8. The molecule has 2 aromatic heterocycles. The summed E-state index contributed by atoms with van der Waals surface area (Å²) in [5.41, 5.74) is 5.67. The third-order valence-corrected chi connectivity index (χ3v) is 5.95. The fourth-order valence-corrected chi connectivity index (χ4v) is 4.51. The van der Waals surface area contributed by atoms with E-state index in [4.69, 9.17) is 11.6 Å². The average molecular weight is 431 g/mol. The normalized spacial score (nSPS) is 15.1. The molecule has 0 aliphatic carbocycles. The van der Waals surface area contributed by atoms with E-state index in [1.54, 1.807) is 6.07 Å². The van der Waals surface area contributed by atoms with Crippen molar-refractivity contribution in [3.8, 4) is 11.1 Å². The van der Waals surface area contributed by atoms with Crippen LogP contribution in [0.1, 0.15) is 11.1 Å². The van der Waals surface area contributed by atoms with E-state index in [0.29, 0.717) is 16.4 Å². The summed E-state index contributed by atoms with van der Waals surface area (Å²) in [6, 6.07) is 11.8. The number of rotatable bonds is 2. The SMILES string of the molecule is CN1CCc2cc(-c3ccc4c(c3)c3ncnc(Cl)c3n4CC(F)(F)F)ccc2C1. The second-order valence-electron chi connectivity index (χ2n) is 7.77. The molecule has 0 spiro atoms. The number of halogens is 4. The predicted octanol–water partition coefficient (Wildman–Crippen LogP) is 5.46. The number of nitrogens with zero attached hydrogens (tertiary/aromatic N) is 4. The second kappa shape index (κ2) is 6.96. The molecule has 30 heavy (non-hydrogen) atoms. The lowest BCUT2D eigenvalue weighted by molar-refractivity contribution is -0.139. The first kappa shape index (κ1) is 19.3. The van der Waals surface area contributed by atoms with Gasteiger partial charge in [0.1, 0.15) is 23.9 Å². The van der Waals surface area contributed by atoms with Gasteiger partial charge in [0, 0.05) is 18.5 Å². The second-order valence-corrected chi connectivity index (χ2v) is 8.12. The number of aromatic nitrogens is 3. The predicted molar refractivity (Wildman–Crippen MR) is 112 cm³/mol. The highest BCUT2D eigenvalue weighted by Gasteiger charge is 2.31. The summed E-state index contributed by atoms with van der Waals surface area (Å²) in [5, 5.41) is 0.647. The van der Waals surface area contributed by atoms with Gasteiger partial charge in [-0.2, -0.15) is 13.2 Å². The van der Waals surface area contributed by atoms with Gasteiger partial charge in [-0.05, 0) is 47.9 Å². The maximum Gasteiger partial charge on any atom is 0.406 e. The fraction of sp³-hybridized carbons (Fsp3) is 0.273. The maximum absolute atomic E-state index is 13.2. The molecule has 0 fully saturated rings. The summed E-state index contributed by atoms with van der Waals surface area (Å²) in [6.45, 7) is 0.788. The molecule has 0 bridgehead atoms. The molecular formula is C22H18ClF3N4. The highest BCUT2D eigenvalue weighted by Crippen LogP contribution is 2.36. The molecule has 1 aliphatic heterocycles. The maximum atomic E-state index is 13.2. The van der Waals surface area contributed by atoms with Gasteiger partial charge in [0.15, 0.2) is 5.15 Å². The van der Waals surface area contributed by atoms with Crippen LogP contribution in [-0.2, 0) is 19.5 Å². The molecule has 0 N–H and O–H groups in total. The lowest BCUT2D eigenvalue weighted by atomic mass is 9.94. The zero-order valence-electron chi connectivity index (χ0n) is 16.2. The van der Waals surface area contributed by atoms with Crippen LogP contribution in [0.15, 0.2) is 42.7 Å². The topological polar surface area (TPSA) is 34.0 Å². The van der Waals surface area contributed by atoms with E-state index in [1.807, 2.05) is 12.1 Å². The Kier molecular flexibility index (Phi) is 4.48. The van der Waals surface area contributed by atoms with Crippen molar-refractivity contribution < 1.29 is 13.2 Å². The molecule has 0 saturated heterocycles. The molecule has 0 amide bonds. The number of alkyl halides is 3. The average Bonchev–Trinajstić information content (AvgIpc) is 3.00. The summed E-state index contributed by atoms with van der Waals surface area (Å²) in [6.07, 6.45) is -2.12. The van der Waals surface area contributed by atoms with Crippen LogP contribution < -0.4 is 0 Å². The van der Waals surface area contributed by atoms with Gasteiger partial charge in [0.2, 0.25) is 0 Å². The van der Waals surface area contributed by atoms with Gasteiger partial charge in [-0.3, -0.25) is 0 Å². The molecule has 0 radical (unpaired) electrons. The lowest BCUT2D eigenvalue weighted by Crippen LogP contribution is -2.26. The Morgan fingerprint density at radius 3 is 2.60 bits per heavy atom. The Hall–Kier alpha value is -2.64. The van der Waals surface area contributed by atoms with Gasteiger partial charge >= 0.3 is 6.18 Å². The lowest BCUT2D eigenvalue weighted by Gasteiger charge is -2.25. The first-order valence-electron chi connectivity index (χ1n) is 9.60. The van der Waals surface area contributed by atoms with E-state index >= 15 is 0 Å². The zero-order chi connectivity index (χ0) is 21.0. The Balaban J connectivity index is 1.68. The van der Waals surface area contributed by atoms with Crippen molar-refractivity contribution in [2.45, 2.75) is 25.7 Å². The van der Waals surface area contributed by atoms with Crippen LogP contribution in [0.5, 0.6) is 0 Å². The minimum atomic E-state index is -4.39. The number of benzene rings is 2. The summed E-state index contributed by atoms with van der Waals surface area (Å²) in [5.74, 6) is 0. The van der Waals surface area contributed by atoms with Crippen LogP contribution in [0.2, 0.25) is 5.15 Å². The molecule has 1 aliphatic rings. The minimum absolute atomic E-state index is 0.0138. The highest BCUT2D eigenvalue weighted by atomic mass is 35.5. The smallest absolute Gasteiger partial charge is 0.327 e. The molecule has 8 heteroatoms. The van der Waals surface area contributed by atoms with Gasteiger partial charge in [0.25, 0.3) is 0 Å². The van der Waals surface area contributed by atoms with Gasteiger partial charge in [-0.25, -0.2) is 9.97 Å². The summed E-state index contributed by atoms with van der Waals surface area (Å²) in [4.78, 5) is 10.4. The van der Waals surface area contributed by atoms with Gasteiger partial charge in [-0.1, -0.05) is 35.9 Å². The molecule has 4 nitrogen and oxygen atoms in total. The van der Waals surface area contributed by atoms with Crippen LogP contribution in [-0.4, -0.2) is 39.2 Å². The minimum Gasteiger partial charge on any atom is -0.327 e. The van der Waals surface area contributed by atoms with Crippen LogP contribution in [0.4, 0.5) is 13.2 Å². The molecule has 3 heterocycles. The van der Waals surface area contributed by atoms with Crippen LogP contribution in [0, 0.1) is 0 Å². The quantitative estimate of drug-likeness (QED) is 0.396. The first-order chi connectivity index (χ1) is 14.3. The third kappa shape index (κ3) is 3.32. The first-order valence-corrected chi connectivity index (χ1v) is 9.98. The number of hydrogen-bond acceptors (Lipinski definition) is 3. The van der Waals surface area contributed by atoms with Gasteiger partial charge < -0.3 is 9.47 Å². The fourth-order valence-electron chi connectivity index (χ4n) is 4.27. The van der Waals surface area contributed by atoms with Crippen LogP contribution in [0.3, 0.4) is 0 Å². The van der Waals surface area contributed by atoms with Crippen LogP contribution >= 0.6 is 11.6 Å². The zero-order valence-corrected chi connectivity index (χ0v) is 16.9. The van der Waals surface area contributed by atoms with Crippen molar-refractivity contribution in [3.63, 3.8) is 0 Å². The van der Waals surface area contributed by atoms with E-state index in [-0.39, 0.29) is 10.7 Å². The monoisotopic (exact) mass is 430 g/mol. The Bertz CT molecular complexity index is 1280. The molecule has 5 rings (SSSR count). The van der Waals surface area contributed by atoms with Crippen molar-refractivity contribution >= 4 is 33.5 Å². The van der Waals surface area contributed by atoms with E-state index in [0.717, 1.165) is 35.2 Å². The van der Waals surface area contributed by atoms with Crippen LogP contribution in [0.25, 0.3) is 33.1 Å². The Labute approximate surface area is 175 Å². The van der Waals surface area contributed by atoms with E-state index < -0.39 is 12.7 Å². The van der Waals surface area contributed by atoms with Crippen molar-refractivity contribution in [2.24, 2.45) is 0 Å².